The van der Waals surface area contributed by atoms with Gasteiger partial charge in [-0.3, -0.25) is 0 Å². The Kier molecular flexibility index (Phi) is 3.58. The Morgan fingerprint density at radius 2 is 1.95 bits per heavy atom. The van der Waals surface area contributed by atoms with E-state index in [0.717, 1.165) is 15.5 Å². The van der Waals surface area contributed by atoms with Crippen LogP contribution in [0.1, 0.15) is 5.56 Å². The number of benzene rings is 2. The molecular weight excluding hydrogens is 288 g/mol. The summed E-state index contributed by atoms with van der Waals surface area (Å²) in [4.78, 5) is 13.2. The highest BCUT2D eigenvalue weighted by Gasteiger charge is 2.24. The zero-order valence-corrected chi connectivity index (χ0v) is 12.0. The van der Waals surface area contributed by atoms with E-state index in [4.69, 9.17) is 9.47 Å². The number of methoxy groups -OCH3 is 1. The van der Waals surface area contributed by atoms with Gasteiger partial charge in [-0.15, -0.1) is 0 Å². The summed E-state index contributed by atoms with van der Waals surface area (Å²) >= 11 is 1.50. The first-order chi connectivity index (χ1) is 10.2. The van der Waals surface area contributed by atoms with E-state index in [1.54, 1.807) is 12.1 Å². The molecule has 1 N–H and O–H groups in total. The summed E-state index contributed by atoms with van der Waals surface area (Å²) in [5, 5.41) is 9.36. The maximum Gasteiger partial charge on any atom is 0.339 e. The maximum absolute atomic E-state index is 11.4. The summed E-state index contributed by atoms with van der Waals surface area (Å²) in [6.07, 6.45) is 1.24. The molecule has 1 heterocycles. The summed E-state index contributed by atoms with van der Waals surface area (Å²) in [7, 11) is 1.43. The number of hydrogen-bond acceptors (Lipinski definition) is 4. The minimum Gasteiger partial charge on any atom is -0.503 e. The van der Waals surface area contributed by atoms with Crippen molar-refractivity contribution in [2.24, 2.45) is 0 Å². The van der Waals surface area contributed by atoms with Gasteiger partial charge < -0.3 is 14.6 Å². The highest BCUT2D eigenvalue weighted by atomic mass is 32.2. The van der Waals surface area contributed by atoms with Crippen LogP contribution in [-0.4, -0.2) is 18.2 Å². The number of para-hydroxylation sites is 1. The molecule has 0 aromatic heterocycles. The summed E-state index contributed by atoms with van der Waals surface area (Å²) in [6.45, 7) is 0. The van der Waals surface area contributed by atoms with Gasteiger partial charge in [0.15, 0.2) is 0 Å². The molecule has 2 aromatic rings. The standard InChI is InChI=1S/C16H12O4S/c1-19-9-11(16(17)18)10-5-4-7-13-15(10)21-14-8-3-2-6-12(14)20-13/h2-9H,1H3,(H,17,18). The average Bonchev–Trinajstić information content (AvgIpc) is 2.50. The van der Waals surface area contributed by atoms with Crippen molar-refractivity contribution in [1.29, 1.82) is 0 Å². The maximum atomic E-state index is 11.4. The minimum absolute atomic E-state index is 0.102. The van der Waals surface area contributed by atoms with Crippen molar-refractivity contribution < 1.29 is 19.4 Å². The van der Waals surface area contributed by atoms with Crippen LogP contribution in [0.5, 0.6) is 11.5 Å². The van der Waals surface area contributed by atoms with Gasteiger partial charge in [-0.25, -0.2) is 4.79 Å². The van der Waals surface area contributed by atoms with Crippen LogP contribution in [0.15, 0.2) is 58.5 Å². The van der Waals surface area contributed by atoms with Crippen LogP contribution in [0.25, 0.3) is 5.57 Å². The van der Waals surface area contributed by atoms with E-state index in [1.165, 1.54) is 25.1 Å². The van der Waals surface area contributed by atoms with Crippen molar-refractivity contribution in [2.75, 3.05) is 7.11 Å². The van der Waals surface area contributed by atoms with E-state index < -0.39 is 5.97 Å². The second-order valence-corrected chi connectivity index (χ2v) is 5.41. The van der Waals surface area contributed by atoms with E-state index in [9.17, 15) is 9.90 Å². The molecule has 1 aliphatic rings. The Hall–Kier alpha value is -2.40. The third-order valence-electron chi connectivity index (χ3n) is 3.02. The molecule has 0 spiro atoms. The second-order valence-electron chi connectivity index (χ2n) is 4.36. The average molecular weight is 300 g/mol. The monoisotopic (exact) mass is 300 g/mol. The fraction of sp³-hybridized carbons (Fsp3) is 0.0625. The number of hydrogen-bond donors (Lipinski definition) is 1. The van der Waals surface area contributed by atoms with Crippen LogP contribution < -0.4 is 4.74 Å². The summed E-state index contributed by atoms with van der Waals surface area (Å²) < 4.78 is 10.7. The lowest BCUT2D eigenvalue weighted by atomic mass is 10.1. The summed E-state index contributed by atoms with van der Waals surface area (Å²) in [5.74, 6) is 0.393. The van der Waals surface area contributed by atoms with E-state index in [1.807, 2.05) is 30.3 Å². The number of carboxylic acids is 1. The van der Waals surface area contributed by atoms with Crippen LogP contribution in [-0.2, 0) is 9.53 Å². The summed E-state index contributed by atoms with van der Waals surface area (Å²) in [6, 6.07) is 13.0. The van der Waals surface area contributed by atoms with Crippen molar-refractivity contribution in [2.45, 2.75) is 9.79 Å². The SMILES string of the molecule is COC=C(C(=O)O)c1cccc2c1Sc1ccccc1O2. The predicted octanol–water partition coefficient (Wildman–Crippen LogP) is 4.02. The van der Waals surface area contributed by atoms with Crippen molar-refractivity contribution in [3.8, 4) is 11.5 Å². The van der Waals surface area contributed by atoms with Crippen LogP contribution in [0.4, 0.5) is 0 Å². The molecule has 0 aliphatic carbocycles. The van der Waals surface area contributed by atoms with Crippen molar-refractivity contribution >= 4 is 23.3 Å². The summed E-state index contributed by atoms with van der Waals surface area (Å²) in [5.41, 5.74) is 0.686. The Balaban J connectivity index is 2.12. The zero-order chi connectivity index (χ0) is 14.8. The van der Waals surface area contributed by atoms with Crippen LogP contribution >= 0.6 is 11.8 Å². The molecule has 0 radical (unpaired) electrons. The first kappa shape index (κ1) is 13.6. The Bertz CT molecular complexity index is 737. The predicted molar refractivity (Wildman–Crippen MR) is 79.7 cm³/mol. The van der Waals surface area contributed by atoms with Gasteiger partial charge in [-0.2, -0.15) is 0 Å². The molecule has 1 aliphatic heterocycles. The van der Waals surface area contributed by atoms with Gasteiger partial charge >= 0.3 is 5.97 Å². The smallest absolute Gasteiger partial charge is 0.339 e. The van der Waals surface area contributed by atoms with E-state index in [-0.39, 0.29) is 5.57 Å². The molecule has 0 saturated carbocycles. The Morgan fingerprint density at radius 3 is 2.71 bits per heavy atom. The highest BCUT2D eigenvalue weighted by molar-refractivity contribution is 7.99. The van der Waals surface area contributed by atoms with Gasteiger partial charge in [0.2, 0.25) is 0 Å². The molecule has 5 heteroatoms. The second kappa shape index (κ2) is 5.54. The molecule has 0 fully saturated rings. The Labute approximate surface area is 126 Å². The minimum atomic E-state index is -1.04. The van der Waals surface area contributed by atoms with E-state index >= 15 is 0 Å². The van der Waals surface area contributed by atoms with Gasteiger partial charge in [0.05, 0.1) is 23.2 Å². The molecule has 3 rings (SSSR count). The topological polar surface area (TPSA) is 55.8 Å². The van der Waals surface area contributed by atoms with E-state index in [0.29, 0.717) is 11.3 Å². The van der Waals surface area contributed by atoms with Gasteiger partial charge in [0, 0.05) is 5.56 Å². The molecule has 2 aromatic carbocycles. The first-order valence-electron chi connectivity index (χ1n) is 6.25. The van der Waals surface area contributed by atoms with Gasteiger partial charge in [0.1, 0.15) is 17.1 Å². The lowest BCUT2D eigenvalue weighted by Crippen LogP contribution is -2.04. The third kappa shape index (κ3) is 2.48. The quantitative estimate of drug-likeness (QED) is 0.585. The molecular formula is C16H12O4S. The van der Waals surface area contributed by atoms with Crippen molar-refractivity contribution in [3.63, 3.8) is 0 Å². The molecule has 0 bridgehead atoms. The molecule has 21 heavy (non-hydrogen) atoms. The first-order valence-corrected chi connectivity index (χ1v) is 7.06. The number of carbonyl (C=O) groups is 1. The van der Waals surface area contributed by atoms with Crippen molar-refractivity contribution in [1.82, 2.24) is 0 Å². The number of aliphatic carboxylic acids is 1. The molecule has 0 unspecified atom stereocenters. The van der Waals surface area contributed by atoms with E-state index in [2.05, 4.69) is 0 Å². The van der Waals surface area contributed by atoms with Gasteiger partial charge in [-0.05, 0) is 18.2 Å². The molecule has 4 nitrogen and oxygen atoms in total. The fourth-order valence-electron chi connectivity index (χ4n) is 2.11. The largest absolute Gasteiger partial charge is 0.503 e. The van der Waals surface area contributed by atoms with Gasteiger partial charge in [0.25, 0.3) is 0 Å². The third-order valence-corrected chi connectivity index (χ3v) is 4.20. The number of carboxylic acid groups (broad SMARTS) is 1. The Morgan fingerprint density at radius 1 is 1.19 bits per heavy atom. The van der Waals surface area contributed by atoms with Crippen LogP contribution in [0.2, 0.25) is 0 Å². The van der Waals surface area contributed by atoms with Crippen LogP contribution in [0.3, 0.4) is 0 Å². The zero-order valence-electron chi connectivity index (χ0n) is 11.2. The normalized spacial score (nSPS) is 12.9. The molecule has 0 saturated heterocycles. The molecule has 0 atom stereocenters. The fourth-order valence-corrected chi connectivity index (χ4v) is 3.18. The van der Waals surface area contributed by atoms with Gasteiger partial charge in [-0.1, -0.05) is 36.0 Å². The van der Waals surface area contributed by atoms with Crippen LogP contribution in [0, 0.1) is 0 Å². The number of rotatable bonds is 3. The van der Waals surface area contributed by atoms with Crippen molar-refractivity contribution in [3.05, 3.63) is 54.3 Å². The molecule has 0 amide bonds. The number of fused-ring (bicyclic) bond motifs is 2. The lowest BCUT2D eigenvalue weighted by Gasteiger charge is -2.21. The number of ether oxygens (including phenoxy) is 2. The molecule has 106 valence electrons. The highest BCUT2D eigenvalue weighted by Crippen LogP contribution is 2.49. The lowest BCUT2D eigenvalue weighted by molar-refractivity contribution is -0.130.